The molecule has 1 fully saturated rings. The van der Waals surface area contributed by atoms with E-state index in [0.29, 0.717) is 10.1 Å². The van der Waals surface area contributed by atoms with Gasteiger partial charge in [0.05, 0.1) is 13.0 Å². The van der Waals surface area contributed by atoms with Gasteiger partial charge in [0.25, 0.3) is 5.91 Å². The van der Waals surface area contributed by atoms with Crippen LogP contribution in [0.1, 0.15) is 28.6 Å². The number of anilines is 1. The Morgan fingerprint density at radius 1 is 1.28 bits per heavy atom. The van der Waals surface area contributed by atoms with E-state index in [1.54, 1.807) is 0 Å². The van der Waals surface area contributed by atoms with Crippen LogP contribution < -0.4 is 15.7 Å². The number of nitrogens with zero attached hydrogens (tertiary/aromatic N) is 2. The Morgan fingerprint density at radius 3 is 2.69 bits per heavy atom. The molecule has 0 bridgehead atoms. The Hall–Kier alpha value is -3.03. The minimum atomic E-state index is -3.88. The number of nitrogens with one attached hydrogen (secondary N) is 1. The van der Waals surface area contributed by atoms with E-state index in [4.69, 9.17) is 9.84 Å². The molecule has 2 aliphatic heterocycles. The lowest BCUT2D eigenvalue weighted by Gasteiger charge is -2.25. The molecule has 0 spiro atoms. The van der Waals surface area contributed by atoms with Crippen LogP contribution >= 0.6 is 0 Å². The molecule has 9 nitrogen and oxygen atoms in total. The molecule has 2 aliphatic rings. The van der Waals surface area contributed by atoms with Gasteiger partial charge in [0.1, 0.15) is 17.7 Å². The summed E-state index contributed by atoms with van der Waals surface area (Å²) in [6, 6.07) is 5.02. The van der Waals surface area contributed by atoms with Gasteiger partial charge in [-0.3, -0.25) is 9.36 Å². The van der Waals surface area contributed by atoms with E-state index in [2.05, 4.69) is 15.0 Å². The third-order valence-corrected chi connectivity index (χ3v) is 5.16. The van der Waals surface area contributed by atoms with Crippen LogP contribution in [0.3, 0.4) is 0 Å². The second kappa shape index (κ2) is 7.83. The van der Waals surface area contributed by atoms with E-state index < -0.39 is 55.1 Å². The number of amides is 1. The van der Waals surface area contributed by atoms with E-state index in [-0.39, 0.29) is 23.6 Å². The van der Waals surface area contributed by atoms with Crippen LogP contribution in [0.15, 0.2) is 35.3 Å². The molecule has 1 saturated heterocycles. The molecule has 4 rings (SSSR count). The van der Waals surface area contributed by atoms with Crippen molar-refractivity contribution in [1.29, 1.82) is 0 Å². The van der Waals surface area contributed by atoms with Crippen molar-refractivity contribution < 1.29 is 42.0 Å². The number of rotatable bonds is 4. The highest BCUT2D eigenvalue weighted by Gasteiger charge is 2.59. The van der Waals surface area contributed by atoms with Crippen LogP contribution in [0, 0.1) is 0 Å². The minimum Gasteiger partial charge on any atom is -0.432 e. The van der Waals surface area contributed by atoms with Crippen LogP contribution in [-0.2, 0) is 11.2 Å². The normalized spacial score (nSPS) is 25.6. The lowest BCUT2D eigenvalue weighted by Crippen LogP contribution is -2.41. The van der Waals surface area contributed by atoms with Gasteiger partial charge in [0.2, 0.25) is 6.23 Å². The zero-order valence-corrected chi connectivity index (χ0v) is 16.2. The van der Waals surface area contributed by atoms with Gasteiger partial charge in [-0.25, -0.2) is 4.79 Å². The van der Waals surface area contributed by atoms with Crippen molar-refractivity contribution in [2.75, 3.05) is 11.9 Å². The summed E-state index contributed by atoms with van der Waals surface area (Å²) in [4.78, 5) is 28.2. The van der Waals surface area contributed by atoms with E-state index in [9.17, 15) is 32.3 Å². The molecule has 172 valence electrons. The largest absolute Gasteiger partial charge is 0.432 e. The fraction of sp³-hybridized carbons (Fsp3) is 0.421. The number of carbonyl (C=O) groups excluding carboxylic acids is 1. The molecular weight excluding hydrogens is 442 g/mol. The van der Waals surface area contributed by atoms with Gasteiger partial charge in [-0.2, -0.15) is 22.5 Å². The second-order valence-corrected chi connectivity index (χ2v) is 7.35. The highest BCUT2D eigenvalue weighted by Crippen LogP contribution is 2.42. The average molecular weight is 459 g/mol. The number of ether oxygens (including phenoxy) is 2. The van der Waals surface area contributed by atoms with Crippen molar-refractivity contribution in [2.45, 2.75) is 43.3 Å². The molecule has 1 amide bonds. The van der Waals surface area contributed by atoms with E-state index in [1.165, 1.54) is 12.1 Å². The highest BCUT2D eigenvalue weighted by molar-refractivity contribution is 6.04. The van der Waals surface area contributed by atoms with Crippen LogP contribution in [0.5, 0.6) is 5.75 Å². The van der Waals surface area contributed by atoms with Gasteiger partial charge in [-0.1, -0.05) is 6.07 Å². The molecule has 13 heteroatoms. The number of hydrogen-bond donors (Lipinski definition) is 3. The minimum absolute atomic E-state index is 0.0491. The number of aryl methyl sites for hydroxylation is 1. The molecule has 0 saturated carbocycles. The summed E-state index contributed by atoms with van der Waals surface area (Å²) >= 11 is 0. The molecule has 3 atom stereocenters. The smallest absolute Gasteiger partial charge is 0.398 e. The molecule has 0 aliphatic carbocycles. The Kier molecular flexibility index (Phi) is 5.43. The van der Waals surface area contributed by atoms with Gasteiger partial charge >= 0.3 is 17.7 Å². The van der Waals surface area contributed by atoms with Crippen LogP contribution in [-0.4, -0.2) is 56.5 Å². The Bertz CT molecular complexity index is 1110. The van der Waals surface area contributed by atoms with Crippen molar-refractivity contribution in [1.82, 2.24) is 9.55 Å². The molecule has 1 unspecified atom stereocenters. The van der Waals surface area contributed by atoms with Crippen molar-refractivity contribution in [2.24, 2.45) is 0 Å². The van der Waals surface area contributed by atoms with Gasteiger partial charge in [-0.05, 0) is 30.2 Å². The summed E-state index contributed by atoms with van der Waals surface area (Å²) in [5, 5.41) is 20.9. The first kappa shape index (κ1) is 22.2. The summed E-state index contributed by atoms with van der Waals surface area (Å²) in [6.45, 7) is -0.889. The number of aromatic nitrogens is 2. The van der Waals surface area contributed by atoms with Gasteiger partial charge < -0.3 is 25.0 Å². The fourth-order valence-corrected chi connectivity index (χ4v) is 3.46. The zero-order valence-electron chi connectivity index (χ0n) is 16.2. The first-order valence-corrected chi connectivity index (χ1v) is 9.44. The third kappa shape index (κ3) is 3.94. The van der Waals surface area contributed by atoms with Crippen LogP contribution in [0.2, 0.25) is 0 Å². The molecule has 2 aromatic rings. The molecular formula is C19H17F4N3O6. The van der Waals surface area contributed by atoms with Gasteiger partial charge in [-0.15, -0.1) is 0 Å². The Labute approximate surface area is 177 Å². The van der Waals surface area contributed by atoms with Crippen LogP contribution in [0.4, 0.5) is 23.4 Å². The van der Waals surface area contributed by atoms with Crippen molar-refractivity contribution >= 4 is 11.7 Å². The topological polar surface area (TPSA) is 123 Å². The molecule has 1 aromatic carbocycles. The van der Waals surface area contributed by atoms with Crippen LogP contribution in [0.25, 0.3) is 0 Å². The lowest BCUT2D eigenvalue weighted by molar-refractivity contribution is -0.187. The maximum Gasteiger partial charge on any atom is 0.398 e. The first-order chi connectivity index (χ1) is 15.0. The number of aliphatic hydroxyl groups is 2. The predicted molar refractivity (Wildman–Crippen MR) is 98.7 cm³/mol. The molecule has 3 N–H and O–H groups in total. The predicted octanol–water partition coefficient (Wildman–Crippen LogP) is 1.30. The van der Waals surface area contributed by atoms with E-state index in [0.717, 1.165) is 18.3 Å². The standard InChI is InChI=1S/C19H17F4N3O6/c20-18(21)5-3-9-1-2-10(7-11(9)32-18)15(29)24-13-4-6-26(17(30)25-13)16-19(22,23)14(28)12(8-27)31-16/h1-2,4,6-7,12,14,16,27-28H,3,5,8H2,(H,24,25,29,30)/t12-,14-,16?/m1/s1. The number of fused-ring (bicyclic) bond motifs is 1. The molecule has 1 aromatic heterocycles. The number of hydrogen-bond acceptors (Lipinski definition) is 7. The molecule has 32 heavy (non-hydrogen) atoms. The zero-order chi connectivity index (χ0) is 23.3. The molecule has 0 radical (unpaired) electrons. The van der Waals surface area contributed by atoms with Gasteiger partial charge in [0, 0.05) is 11.8 Å². The number of carbonyl (C=O) groups is 1. The monoisotopic (exact) mass is 459 g/mol. The summed E-state index contributed by atoms with van der Waals surface area (Å²) in [7, 11) is 0. The Balaban J connectivity index is 1.52. The summed E-state index contributed by atoms with van der Waals surface area (Å²) in [5.41, 5.74) is -0.757. The summed E-state index contributed by atoms with van der Waals surface area (Å²) in [6.07, 6.45) is -9.01. The highest BCUT2D eigenvalue weighted by atomic mass is 19.3. The Morgan fingerprint density at radius 2 is 2.03 bits per heavy atom. The summed E-state index contributed by atoms with van der Waals surface area (Å²) < 4.78 is 65.2. The van der Waals surface area contributed by atoms with E-state index in [1.807, 2.05) is 0 Å². The van der Waals surface area contributed by atoms with E-state index >= 15 is 0 Å². The molecule has 3 heterocycles. The first-order valence-electron chi connectivity index (χ1n) is 9.44. The fourth-order valence-electron chi connectivity index (χ4n) is 3.46. The SMILES string of the molecule is O=C(Nc1ccn(C2O[C@H](CO)[C@@H](O)C2(F)F)c(=O)n1)c1ccc2c(c1)OC(F)(F)CC2. The van der Waals surface area contributed by atoms with Gasteiger partial charge in [0.15, 0.2) is 6.10 Å². The third-order valence-electron chi connectivity index (χ3n) is 5.16. The maximum atomic E-state index is 14.2. The van der Waals surface area contributed by atoms with Crippen molar-refractivity contribution in [3.63, 3.8) is 0 Å². The number of halogens is 4. The van der Waals surface area contributed by atoms with Crippen molar-refractivity contribution in [3.05, 3.63) is 52.1 Å². The average Bonchev–Trinajstić information content (AvgIpc) is 2.96. The number of benzene rings is 1. The second-order valence-electron chi connectivity index (χ2n) is 7.35. The maximum absolute atomic E-state index is 14.2. The number of aliphatic hydroxyl groups excluding tert-OH is 2. The summed E-state index contributed by atoms with van der Waals surface area (Å²) in [5.74, 6) is -5.11. The number of alkyl halides is 4. The van der Waals surface area contributed by atoms with Crippen molar-refractivity contribution in [3.8, 4) is 5.75 Å². The quantitative estimate of drug-likeness (QED) is 0.589. The lowest BCUT2D eigenvalue weighted by atomic mass is 10.0.